The molecular formula is C16H11BrClN. The molecule has 0 atom stereocenters. The lowest BCUT2D eigenvalue weighted by atomic mass is 10.1. The predicted molar refractivity (Wildman–Crippen MR) is 84.6 cm³/mol. The van der Waals surface area contributed by atoms with Gasteiger partial charge in [0.05, 0.1) is 16.2 Å². The Morgan fingerprint density at radius 2 is 1.79 bits per heavy atom. The summed E-state index contributed by atoms with van der Waals surface area (Å²) in [5.74, 6) is 0. The molecule has 0 amide bonds. The summed E-state index contributed by atoms with van der Waals surface area (Å²) in [4.78, 5) is 4.74. The molecule has 2 aromatic carbocycles. The van der Waals surface area contributed by atoms with Gasteiger partial charge in [0.1, 0.15) is 0 Å². The van der Waals surface area contributed by atoms with Crippen LogP contribution >= 0.6 is 27.5 Å². The van der Waals surface area contributed by atoms with Crippen LogP contribution in [-0.4, -0.2) is 4.98 Å². The lowest BCUT2D eigenvalue weighted by molar-refractivity contribution is 1.36. The number of halogens is 2. The molecule has 0 aliphatic rings. The SMILES string of the molecule is Cc1ccc2c(Cl)cc(-c3ccccc3)nc2c1Br. The summed E-state index contributed by atoms with van der Waals surface area (Å²) < 4.78 is 1.00. The molecule has 3 rings (SSSR count). The normalized spacial score (nSPS) is 10.9. The van der Waals surface area contributed by atoms with Gasteiger partial charge in [-0.2, -0.15) is 0 Å². The molecule has 3 aromatic rings. The summed E-state index contributed by atoms with van der Waals surface area (Å²) in [5.41, 5.74) is 4.02. The number of aromatic nitrogens is 1. The molecule has 0 aliphatic heterocycles. The van der Waals surface area contributed by atoms with Crippen LogP contribution < -0.4 is 0 Å². The fourth-order valence-electron chi connectivity index (χ4n) is 2.07. The van der Waals surface area contributed by atoms with Gasteiger partial charge in [0, 0.05) is 15.4 Å². The first-order chi connectivity index (χ1) is 9.16. The number of fused-ring (bicyclic) bond motifs is 1. The van der Waals surface area contributed by atoms with E-state index in [2.05, 4.69) is 15.9 Å². The Morgan fingerprint density at radius 3 is 2.53 bits per heavy atom. The monoisotopic (exact) mass is 331 g/mol. The summed E-state index contributed by atoms with van der Waals surface area (Å²) in [6.07, 6.45) is 0. The van der Waals surface area contributed by atoms with Crippen molar-refractivity contribution in [1.29, 1.82) is 0 Å². The standard InChI is InChI=1S/C16H11BrClN/c1-10-7-8-12-13(18)9-14(19-16(12)15(10)17)11-5-3-2-4-6-11/h2-9H,1H3. The van der Waals surface area contributed by atoms with E-state index in [0.29, 0.717) is 0 Å². The minimum atomic E-state index is 0.726. The number of hydrogen-bond acceptors (Lipinski definition) is 1. The molecule has 0 unspecified atom stereocenters. The van der Waals surface area contributed by atoms with Crippen molar-refractivity contribution in [3.8, 4) is 11.3 Å². The van der Waals surface area contributed by atoms with Crippen LogP contribution in [0, 0.1) is 6.92 Å². The van der Waals surface area contributed by atoms with E-state index in [-0.39, 0.29) is 0 Å². The number of nitrogens with zero attached hydrogens (tertiary/aromatic N) is 1. The third kappa shape index (κ3) is 2.26. The summed E-state index contributed by atoms with van der Waals surface area (Å²) in [6, 6.07) is 16.0. The van der Waals surface area contributed by atoms with E-state index in [1.807, 2.05) is 55.5 Å². The summed E-state index contributed by atoms with van der Waals surface area (Å²) >= 11 is 9.98. The van der Waals surface area contributed by atoms with E-state index in [4.69, 9.17) is 16.6 Å². The molecule has 0 saturated heterocycles. The lowest BCUT2D eigenvalue weighted by Gasteiger charge is -2.08. The molecule has 1 heterocycles. The molecule has 0 radical (unpaired) electrons. The van der Waals surface area contributed by atoms with Crippen LogP contribution in [0.1, 0.15) is 5.56 Å². The summed E-state index contributed by atoms with van der Waals surface area (Å²) in [5, 5.41) is 1.70. The first-order valence-corrected chi connectivity index (χ1v) is 7.14. The van der Waals surface area contributed by atoms with Crippen LogP contribution in [0.15, 0.2) is 53.0 Å². The van der Waals surface area contributed by atoms with Crippen LogP contribution in [0.3, 0.4) is 0 Å². The average molecular weight is 333 g/mol. The van der Waals surface area contributed by atoms with Crippen molar-refractivity contribution < 1.29 is 0 Å². The maximum atomic E-state index is 6.38. The molecule has 1 nitrogen and oxygen atoms in total. The van der Waals surface area contributed by atoms with Gasteiger partial charge in [0.15, 0.2) is 0 Å². The van der Waals surface area contributed by atoms with Crippen molar-refractivity contribution >= 4 is 38.4 Å². The Hall–Kier alpha value is -1.38. The average Bonchev–Trinajstić information content (AvgIpc) is 2.44. The maximum absolute atomic E-state index is 6.38. The van der Waals surface area contributed by atoms with Gasteiger partial charge in [-0.15, -0.1) is 0 Å². The molecule has 0 aliphatic carbocycles. The van der Waals surface area contributed by atoms with Crippen molar-refractivity contribution in [3.05, 3.63) is 63.6 Å². The molecule has 0 spiro atoms. The lowest BCUT2D eigenvalue weighted by Crippen LogP contribution is -1.89. The molecule has 94 valence electrons. The number of hydrogen-bond donors (Lipinski definition) is 0. The Labute approximate surface area is 125 Å². The molecule has 0 saturated carbocycles. The zero-order chi connectivity index (χ0) is 13.4. The van der Waals surface area contributed by atoms with E-state index >= 15 is 0 Å². The van der Waals surface area contributed by atoms with Crippen LogP contribution in [0.25, 0.3) is 22.2 Å². The van der Waals surface area contributed by atoms with E-state index in [1.54, 1.807) is 0 Å². The second-order valence-electron chi connectivity index (χ2n) is 4.45. The van der Waals surface area contributed by atoms with Crippen molar-refractivity contribution in [2.24, 2.45) is 0 Å². The first-order valence-electron chi connectivity index (χ1n) is 5.97. The van der Waals surface area contributed by atoms with E-state index in [0.717, 1.165) is 37.2 Å². The summed E-state index contributed by atoms with van der Waals surface area (Å²) in [6.45, 7) is 2.05. The zero-order valence-electron chi connectivity index (χ0n) is 10.3. The largest absolute Gasteiger partial charge is 0.246 e. The highest BCUT2D eigenvalue weighted by atomic mass is 79.9. The van der Waals surface area contributed by atoms with Crippen molar-refractivity contribution in [2.75, 3.05) is 0 Å². The van der Waals surface area contributed by atoms with Crippen molar-refractivity contribution in [1.82, 2.24) is 4.98 Å². The second-order valence-corrected chi connectivity index (χ2v) is 5.65. The minimum Gasteiger partial charge on any atom is -0.246 e. The van der Waals surface area contributed by atoms with Gasteiger partial charge in [-0.3, -0.25) is 0 Å². The van der Waals surface area contributed by atoms with Gasteiger partial charge in [-0.05, 0) is 34.5 Å². The Morgan fingerprint density at radius 1 is 1.05 bits per heavy atom. The Balaban J connectivity index is 2.32. The highest BCUT2D eigenvalue weighted by Crippen LogP contribution is 2.33. The Bertz CT molecular complexity index is 754. The predicted octanol–water partition coefficient (Wildman–Crippen LogP) is 5.63. The van der Waals surface area contributed by atoms with Crippen LogP contribution in [0.2, 0.25) is 5.02 Å². The molecule has 0 bridgehead atoms. The molecule has 0 fully saturated rings. The molecule has 0 N–H and O–H groups in total. The summed E-state index contributed by atoms with van der Waals surface area (Å²) in [7, 11) is 0. The highest BCUT2D eigenvalue weighted by molar-refractivity contribution is 9.10. The van der Waals surface area contributed by atoms with Crippen LogP contribution in [0.5, 0.6) is 0 Å². The van der Waals surface area contributed by atoms with Gasteiger partial charge >= 0.3 is 0 Å². The second kappa shape index (κ2) is 4.95. The van der Waals surface area contributed by atoms with E-state index in [1.165, 1.54) is 0 Å². The Kier molecular flexibility index (Phi) is 3.29. The van der Waals surface area contributed by atoms with E-state index in [9.17, 15) is 0 Å². The highest BCUT2D eigenvalue weighted by Gasteiger charge is 2.09. The smallest absolute Gasteiger partial charge is 0.0869 e. The van der Waals surface area contributed by atoms with Gasteiger partial charge in [-0.1, -0.05) is 54.1 Å². The quantitative estimate of drug-likeness (QED) is 0.563. The van der Waals surface area contributed by atoms with E-state index < -0.39 is 0 Å². The van der Waals surface area contributed by atoms with Gasteiger partial charge in [0.2, 0.25) is 0 Å². The third-order valence-electron chi connectivity index (χ3n) is 3.13. The van der Waals surface area contributed by atoms with Crippen molar-refractivity contribution in [3.63, 3.8) is 0 Å². The maximum Gasteiger partial charge on any atom is 0.0869 e. The minimum absolute atomic E-state index is 0.726. The van der Waals surface area contributed by atoms with Crippen LogP contribution in [0.4, 0.5) is 0 Å². The molecule has 1 aromatic heterocycles. The molecule has 3 heteroatoms. The number of pyridine rings is 1. The fourth-order valence-corrected chi connectivity index (χ4v) is 2.77. The van der Waals surface area contributed by atoms with Gasteiger partial charge in [0.25, 0.3) is 0 Å². The number of benzene rings is 2. The zero-order valence-corrected chi connectivity index (χ0v) is 12.7. The first kappa shape index (κ1) is 12.6. The molecule has 19 heavy (non-hydrogen) atoms. The van der Waals surface area contributed by atoms with Crippen LogP contribution in [-0.2, 0) is 0 Å². The number of rotatable bonds is 1. The molecular weight excluding hydrogens is 322 g/mol. The third-order valence-corrected chi connectivity index (χ3v) is 4.45. The topological polar surface area (TPSA) is 12.9 Å². The van der Waals surface area contributed by atoms with Gasteiger partial charge in [-0.25, -0.2) is 4.98 Å². The van der Waals surface area contributed by atoms with Gasteiger partial charge < -0.3 is 0 Å². The number of aryl methyl sites for hydroxylation is 1. The van der Waals surface area contributed by atoms with Crippen molar-refractivity contribution in [2.45, 2.75) is 6.92 Å². The fraction of sp³-hybridized carbons (Fsp3) is 0.0625.